The van der Waals surface area contributed by atoms with Gasteiger partial charge in [0, 0.05) is 5.69 Å². The zero-order chi connectivity index (χ0) is 23.2. The summed E-state index contributed by atoms with van der Waals surface area (Å²) >= 11 is 1.02. The second kappa shape index (κ2) is 9.69. The minimum absolute atomic E-state index is 0.0313. The third-order valence-corrected chi connectivity index (χ3v) is 4.98. The molecule has 1 aliphatic heterocycles. The SMILES string of the molecule is O=C(Cc1nnc(NC(=O)Nc2ccccc2)s1)N/N=C/c1cc2c(cc1[N+](=O)[O-])OCO2. The van der Waals surface area contributed by atoms with Crippen LogP contribution in [-0.2, 0) is 11.2 Å². The Morgan fingerprint density at radius 1 is 1.15 bits per heavy atom. The number of ether oxygens (including phenoxy) is 2. The Morgan fingerprint density at radius 2 is 1.91 bits per heavy atom. The molecule has 0 saturated carbocycles. The highest BCUT2D eigenvalue weighted by atomic mass is 32.1. The molecule has 0 atom stereocenters. The summed E-state index contributed by atoms with van der Waals surface area (Å²) in [6.07, 6.45) is 0.985. The number of anilines is 2. The minimum atomic E-state index is -0.588. The fourth-order valence-corrected chi connectivity index (χ4v) is 3.45. The standard InChI is InChI=1S/C19H15N7O6S/c27-16(23-20-9-11-6-14-15(32-10-31-14)7-13(11)26(29)30)8-17-24-25-19(33-17)22-18(28)21-12-4-2-1-3-5-12/h1-7,9H,8,10H2,(H,23,27)(H2,21,22,25,28)/b20-9+. The van der Waals surface area contributed by atoms with E-state index in [9.17, 15) is 19.7 Å². The topological polar surface area (TPSA) is 170 Å². The molecule has 0 radical (unpaired) electrons. The number of amides is 3. The van der Waals surface area contributed by atoms with E-state index in [0.717, 1.165) is 17.6 Å². The molecule has 0 aliphatic carbocycles. The first kappa shape index (κ1) is 21.6. The average molecular weight is 469 g/mol. The molecule has 168 valence electrons. The maximum atomic E-state index is 12.1. The van der Waals surface area contributed by atoms with Crippen molar-refractivity contribution in [3.05, 3.63) is 63.1 Å². The molecule has 1 aliphatic rings. The van der Waals surface area contributed by atoms with E-state index in [4.69, 9.17) is 9.47 Å². The van der Waals surface area contributed by atoms with Crippen molar-refractivity contribution in [2.24, 2.45) is 5.10 Å². The highest BCUT2D eigenvalue weighted by molar-refractivity contribution is 7.15. The van der Waals surface area contributed by atoms with Gasteiger partial charge in [-0.3, -0.25) is 20.2 Å². The van der Waals surface area contributed by atoms with Gasteiger partial charge in [-0.15, -0.1) is 10.2 Å². The predicted molar refractivity (Wildman–Crippen MR) is 118 cm³/mol. The number of nitrogens with zero attached hydrogens (tertiary/aromatic N) is 4. The molecule has 3 aromatic rings. The Kier molecular flexibility index (Phi) is 6.36. The van der Waals surface area contributed by atoms with Crippen molar-refractivity contribution in [1.82, 2.24) is 15.6 Å². The van der Waals surface area contributed by atoms with Crippen LogP contribution in [0, 0.1) is 10.1 Å². The summed E-state index contributed by atoms with van der Waals surface area (Å²) in [5.74, 6) is 0.0886. The Hall–Kier alpha value is -4.59. The molecule has 2 aromatic carbocycles. The number of urea groups is 1. The van der Waals surface area contributed by atoms with Crippen LogP contribution in [0.1, 0.15) is 10.6 Å². The predicted octanol–water partition coefficient (Wildman–Crippen LogP) is 2.51. The van der Waals surface area contributed by atoms with Crippen molar-refractivity contribution in [2.75, 3.05) is 17.4 Å². The van der Waals surface area contributed by atoms with Gasteiger partial charge in [-0.1, -0.05) is 29.5 Å². The first-order valence-corrected chi connectivity index (χ1v) is 10.1. The van der Waals surface area contributed by atoms with E-state index >= 15 is 0 Å². The number of hydrogen-bond acceptors (Lipinski definition) is 10. The lowest BCUT2D eigenvalue weighted by atomic mass is 10.1. The first-order chi connectivity index (χ1) is 16.0. The van der Waals surface area contributed by atoms with Gasteiger partial charge in [0.25, 0.3) is 5.69 Å². The molecule has 3 amide bonds. The van der Waals surface area contributed by atoms with Gasteiger partial charge in [-0.2, -0.15) is 5.10 Å². The third-order valence-electron chi connectivity index (χ3n) is 4.14. The Balaban J connectivity index is 1.31. The maximum Gasteiger partial charge on any atom is 0.325 e. The van der Waals surface area contributed by atoms with Gasteiger partial charge in [-0.25, -0.2) is 10.2 Å². The Labute approximate surface area is 189 Å². The number of aromatic nitrogens is 2. The fraction of sp³-hybridized carbons (Fsp3) is 0.105. The molecule has 3 N–H and O–H groups in total. The molecule has 0 fully saturated rings. The van der Waals surface area contributed by atoms with Crippen molar-refractivity contribution >= 4 is 46.0 Å². The second-order valence-electron chi connectivity index (χ2n) is 6.44. The van der Waals surface area contributed by atoms with Crippen molar-refractivity contribution < 1.29 is 24.0 Å². The van der Waals surface area contributed by atoms with E-state index in [1.54, 1.807) is 24.3 Å². The Bertz CT molecular complexity index is 1230. The second-order valence-corrected chi connectivity index (χ2v) is 7.50. The van der Waals surface area contributed by atoms with Crippen LogP contribution in [0.2, 0.25) is 0 Å². The molecular weight excluding hydrogens is 454 g/mol. The average Bonchev–Trinajstić information content (AvgIpc) is 3.42. The highest BCUT2D eigenvalue weighted by Crippen LogP contribution is 2.37. The quantitative estimate of drug-likeness (QED) is 0.269. The number of carbonyl (C=O) groups is 2. The summed E-state index contributed by atoms with van der Waals surface area (Å²) in [6.45, 7) is -0.0313. The largest absolute Gasteiger partial charge is 0.454 e. The number of benzene rings is 2. The van der Waals surface area contributed by atoms with Gasteiger partial charge in [0.05, 0.1) is 29.2 Å². The molecule has 13 nitrogen and oxygen atoms in total. The lowest BCUT2D eigenvalue weighted by molar-refractivity contribution is -0.385. The van der Waals surface area contributed by atoms with Gasteiger partial charge in [-0.05, 0) is 18.2 Å². The van der Waals surface area contributed by atoms with E-state index in [2.05, 4.69) is 31.4 Å². The van der Waals surface area contributed by atoms with E-state index in [1.807, 2.05) is 6.07 Å². The fourth-order valence-electron chi connectivity index (χ4n) is 2.72. The molecule has 2 heterocycles. The van der Waals surface area contributed by atoms with Crippen LogP contribution in [0.25, 0.3) is 0 Å². The summed E-state index contributed by atoms with van der Waals surface area (Å²) in [7, 11) is 0. The lowest BCUT2D eigenvalue weighted by Gasteiger charge is -2.03. The highest BCUT2D eigenvalue weighted by Gasteiger charge is 2.22. The number of rotatable bonds is 7. The van der Waals surface area contributed by atoms with Gasteiger partial charge in [0.2, 0.25) is 17.8 Å². The minimum Gasteiger partial charge on any atom is -0.454 e. The molecule has 0 spiro atoms. The molecule has 0 unspecified atom stereocenters. The van der Waals surface area contributed by atoms with Gasteiger partial charge >= 0.3 is 6.03 Å². The van der Waals surface area contributed by atoms with Crippen LogP contribution < -0.4 is 25.5 Å². The molecule has 1 aromatic heterocycles. The lowest BCUT2D eigenvalue weighted by Crippen LogP contribution is -2.19. The van der Waals surface area contributed by atoms with Gasteiger partial charge in [0.1, 0.15) is 5.01 Å². The van der Waals surface area contributed by atoms with Crippen LogP contribution in [0.15, 0.2) is 47.6 Å². The zero-order valence-electron chi connectivity index (χ0n) is 16.7. The van der Waals surface area contributed by atoms with Crippen LogP contribution in [0.5, 0.6) is 11.5 Å². The van der Waals surface area contributed by atoms with E-state index in [0.29, 0.717) is 16.4 Å². The third kappa shape index (κ3) is 5.56. The number of nitro benzene ring substituents is 1. The van der Waals surface area contributed by atoms with Crippen LogP contribution in [0.4, 0.5) is 21.3 Å². The Morgan fingerprint density at radius 3 is 2.67 bits per heavy atom. The van der Waals surface area contributed by atoms with Crippen LogP contribution in [0.3, 0.4) is 0 Å². The van der Waals surface area contributed by atoms with Crippen molar-refractivity contribution in [1.29, 1.82) is 0 Å². The molecule has 0 saturated heterocycles. The number of carbonyl (C=O) groups excluding carboxylic acids is 2. The van der Waals surface area contributed by atoms with Gasteiger partial charge < -0.3 is 14.8 Å². The monoisotopic (exact) mass is 469 g/mol. The van der Waals surface area contributed by atoms with E-state index in [1.165, 1.54) is 12.1 Å². The van der Waals surface area contributed by atoms with Crippen LogP contribution in [-0.4, -0.2) is 40.1 Å². The zero-order valence-corrected chi connectivity index (χ0v) is 17.5. The van der Waals surface area contributed by atoms with E-state index in [-0.39, 0.29) is 35.3 Å². The summed E-state index contributed by atoms with van der Waals surface area (Å²) in [4.78, 5) is 34.8. The first-order valence-electron chi connectivity index (χ1n) is 9.33. The maximum absolute atomic E-state index is 12.1. The molecule has 0 bridgehead atoms. The van der Waals surface area contributed by atoms with Crippen molar-refractivity contribution in [2.45, 2.75) is 6.42 Å². The molecule has 14 heteroatoms. The number of fused-ring (bicyclic) bond motifs is 1. The van der Waals surface area contributed by atoms with Gasteiger partial charge in [0.15, 0.2) is 11.5 Å². The number of nitrogens with one attached hydrogen (secondary N) is 3. The van der Waals surface area contributed by atoms with Crippen molar-refractivity contribution in [3.8, 4) is 11.5 Å². The molecular formula is C19H15N7O6S. The summed E-state index contributed by atoms with van der Waals surface area (Å²) in [5, 5.41) is 28.4. The number of hydrogen-bond donors (Lipinski definition) is 3. The molecule has 4 rings (SSSR count). The number of nitro groups is 1. The van der Waals surface area contributed by atoms with Crippen molar-refractivity contribution in [3.63, 3.8) is 0 Å². The summed E-state index contributed by atoms with van der Waals surface area (Å²) in [6, 6.07) is 11.0. The summed E-state index contributed by atoms with van der Waals surface area (Å²) in [5.41, 5.74) is 2.77. The smallest absolute Gasteiger partial charge is 0.325 e. The number of para-hydroxylation sites is 1. The number of hydrazone groups is 1. The normalized spacial score (nSPS) is 11.9. The summed E-state index contributed by atoms with van der Waals surface area (Å²) < 4.78 is 10.3. The van der Waals surface area contributed by atoms with Crippen LogP contribution >= 0.6 is 11.3 Å². The molecule has 33 heavy (non-hydrogen) atoms. The van der Waals surface area contributed by atoms with E-state index < -0.39 is 16.9 Å².